The summed E-state index contributed by atoms with van der Waals surface area (Å²) in [4.78, 5) is 25.1. The molecule has 26 heavy (non-hydrogen) atoms. The zero-order chi connectivity index (χ0) is 19.1. The first-order valence-electron chi connectivity index (χ1n) is 8.16. The summed E-state index contributed by atoms with van der Waals surface area (Å²) in [6.45, 7) is 2.12. The third-order valence-corrected chi connectivity index (χ3v) is 3.94. The van der Waals surface area contributed by atoms with E-state index < -0.39 is 0 Å². The van der Waals surface area contributed by atoms with Crippen LogP contribution in [-0.4, -0.2) is 39.1 Å². The maximum atomic E-state index is 12.2. The van der Waals surface area contributed by atoms with Gasteiger partial charge < -0.3 is 24.7 Å². The summed E-state index contributed by atoms with van der Waals surface area (Å²) in [5.74, 6) is 0.793. The number of halogens is 1. The Bertz CT molecular complexity index is 749. The van der Waals surface area contributed by atoms with Crippen LogP contribution in [0.1, 0.15) is 18.7 Å². The molecule has 2 rings (SSSR count). The Kier molecular flexibility index (Phi) is 7.06. The van der Waals surface area contributed by atoms with Crippen LogP contribution in [0.25, 0.3) is 0 Å². The Labute approximate surface area is 157 Å². The van der Waals surface area contributed by atoms with Crippen LogP contribution in [0.2, 0.25) is 5.02 Å². The van der Waals surface area contributed by atoms with Gasteiger partial charge in [0.15, 0.2) is 13.1 Å². The van der Waals surface area contributed by atoms with E-state index in [9.17, 15) is 9.59 Å². The molecular formula is C18H23ClN3O4+. The van der Waals surface area contributed by atoms with Gasteiger partial charge in [0.1, 0.15) is 11.5 Å². The third kappa shape index (κ3) is 5.79. The number of carbonyl (C=O) groups excluding carboxylic acids is 2. The number of anilines is 1. The van der Waals surface area contributed by atoms with E-state index in [-0.39, 0.29) is 30.9 Å². The Morgan fingerprint density at radius 3 is 2.65 bits per heavy atom. The maximum absolute atomic E-state index is 12.2. The van der Waals surface area contributed by atoms with Gasteiger partial charge in [0.05, 0.1) is 32.1 Å². The van der Waals surface area contributed by atoms with Crippen molar-refractivity contribution in [1.82, 2.24) is 5.32 Å². The summed E-state index contributed by atoms with van der Waals surface area (Å²) in [7, 11) is 3.28. The van der Waals surface area contributed by atoms with Gasteiger partial charge in [-0.3, -0.25) is 9.59 Å². The molecule has 0 fully saturated rings. The fourth-order valence-electron chi connectivity index (χ4n) is 2.48. The van der Waals surface area contributed by atoms with E-state index in [0.29, 0.717) is 22.2 Å². The average molecular weight is 381 g/mol. The first-order chi connectivity index (χ1) is 12.4. The second-order valence-corrected chi connectivity index (χ2v) is 6.44. The molecule has 1 aromatic carbocycles. The molecule has 0 radical (unpaired) electrons. The van der Waals surface area contributed by atoms with Crippen molar-refractivity contribution in [3.63, 3.8) is 0 Å². The van der Waals surface area contributed by atoms with Crippen molar-refractivity contribution in [2.75, 3.05) is 32.6 Å². The zero-order valence-electron chi connectivity index (χ0n) is 15.0. The normalized spacial score (nSPS) is 12.9. The van der Waals surface area contributed by atoms with Crippen LogP contribution in [0.15, 0.2) is 41.0 Å². The number of nitrogens with one attached hydrogen (secondary N) is 3. The monoisotopic (exact) mass is 380 g/mol. The quantitative estimate of drug-likeness (QED) is 0.644. The molecule has 1 aromatic heterocycles. The van der Waals surface area contributed by atoms with Gasteiger partial charge >= 0.3 is 0 Å². The minimum Gasteiger partial charge on any atom is -0.495 e. The van der Waals surface area contributed by atoms with Crippen LogP contribution in [0, 0.1) is 0 Å². The highest BCUT2D eigenvalue weighted by atomic mass is 35.5. The van der Waals surface area contributed by atoms with Crippen molar-refractivity contribution in [2.45, 2.75) is 13.0 Å². The predicted octanol–water partition coefficient (Wildman–Crippen LogP) is 1.27. The van der Waals surface area contributed by atoms with Gasteiger partial charge in [-0.05, 0) is 37.3 Å². The van der Waals surface area contributed by atoms with Gasteiger partial charge in [-0.1, -0.05) is 11.6 Å². The van der Waals surface area contributed by atoms with Crippen molar-refractivity contribution >= 4 is 29.1 Å². The van der Waals surface area contributed by atoms with Crippen LogP contribution >= 0.6 is 11.6 Å². The lowest BCUT2D eigenvalue weighted by Crippen LogP contribution is -3.11. The molecule has 1 unspecified atom stereocenters. The number of likely N-dealkylation sites (N-methyl/N-ethyl adjacent to an activating group) is 1. The average Bonchev–Trinajstić information content (AvgIpc) is 3.09. The highest BCUT2D eigenvalue weighted by molar-refractivity contribution is 6.31. The molecule has 1 heterocycles. The molecular weight excluding hydrogens is 358 g/mol. The van der Waals surface area contributed by atoms with Gasteiger partial charge in [0, 0.05) is 5.02 Å². The summed E-state index contributed by atoms with van der Waals surface area (Å²) in [6.07, 6.45) is 1.56. The van der Waals surface area contributed by atoms with Crippen LogP contribution in [0.4, 0.5) is 5.69 Å². The van der Waals surface area contributed by atoms with E-state index in [1.54, 1.807) is 43.6 Å². The van der Waals surface area contributed by atoms with Crippen LogP contribution in [-0.2, 0) is 9.59 Å². The first kappa shape index (κ1) is 19.8. The Morgan fingerprint density at radius 2 is 2.00 bits per heavy atom. The van der Waals surface area contributed by atoms with E-state index >= 15 is 0 Å². The van der Waals surface area contributed by atoms with Crippen LogP contribution < -0.4 is 20.3 Å². The number of ether oxygens (including phenoxy) is 1. The largest absolute Gasteiger partial charge is 0.495 e. The molecule has 0 spiro atoms. The molecule has 2 amide bonds. The van der Waals surface area contributed by atoms with Crippen molar-refractivity contribution in [3.8, 4) is 5.75 Å². The minimum absolute atomic E-state index is 0.123. The number of benzene rings is 1. The summed E-state index contributed by atoms with van der Waals surface area (Å²) in [5.41, 5.74) is 0.494. The van der Waals surface area contributed by atoms with E-state index in [2.05, 4.69) is 10.6 Å². The van der Waals surface area contributed by atoms with Crippen molar-refractivity contribution in [2.24, 2.45) is 0 Å². The summed E-state index contributed by atoms with van der Waals surface area (Å²) >= 11 is 5.95. The standard InChI is InChI=1S/C18H22ClN3O4/c1-12(15-5-4-8-26-15)20-17(23)10-22(2)11-18(24)21-14-9-13(19)6-7-16(14)25-3/h4-9,12H,10-11H2,1-3H3,(H,20,23)(H,21,24)/p+1/t12-/m0/s1. The minimum atomic E-state index is -0.241. The van der Waals surface area contributed by atoms with Crippen molar-refractivity contribution in [1.29, 1.82) is 0 Å². The molecule has 3 N–H and O–H groups in total. The number of methoxy groups -OCH3 is 1. The highest BCUT2D eigenvalue weighted by Gasteiger charge is 2.18. The van der Waals surface area contributed by atoms with E-state index in [1.807, 2.05) is 6.92 Å². The molecule has 2 atom stereocenters. The van der Waals surface area contributed by atoms with E-state index in [1.165, 1.54) is 7.11 Å². The van der Waals surface area contributed by atoms with Gasteiger partial charge in [-0.15, -0.1) is 0 Å². The Hall–Kier alpha value is -2.51. The fourth-order valence-corrected chi connectivity index (χ4v) is 2.66. The van der Waals surface area contributed by atoms with Gasteiger partial charge in [0.2, 0.25) is 0 Å². The molecule has 0 bridgehead atoms. The lowest BCUT2D eigenvalue weighted by molar-refractivity contribution is -0.862. The topological polar surface area (TPSA) is 85.0 Å². The number of carbonyl (C=O) groups is 2. The maximum Gasteiger partial charge on any atom is 0.279 e. The van der Waals surface area contributed by atoms with Crippen molar-refractivity contribution in [3.05, 3.63) is 47.4 Å². The predicted molar refractivity (Wildman–Crippen MR) is 98.5 cm³/mol. The molecule has 140 valence electrons. The zero-order valence-corrected chi connectivity index (χ0v) is 15.7. The highest BCUT2D eigenvalue weighted by Crippen LogP contribution is 2.27. The van der Waals surface area contributed by atoms with Gasteiger partial charge in [-0.2, -0.15) is 0 Å². The van der Waals surface area contributed by atoms with Crippen LogP contribution in [0.3, 0.4) is 0 Å². The summed E-state index contributed by atoms with van der Waals surface area (Å²) in [6, 6.07) is 8.31. The lowest BCUT2D eigenvalue weighted by atomic mass is 10.2. The SMILES string of the molecule is COc1ccc(Cl)cc1NC(=O)C[NH+](C)CC(=O)N[C@@H](C)c1ccco1. The molecule has 8 heteroatoms. The molecule has 0 aliphatic heterocycles. The third-order valence-electron chi connectivity index (χ3n) is 3.71. The lowest BCUT2D eigenvalue weighted by Gasteiger charge is -2.16. The second kappa shape index (κ2) is 9.26. The van der Waals surface area contributed by atoms with Crippen molar-refractivity contribution < 1.29 is 23.6 Å². The van der Waals surface area contributed by atoms with E-state index in [0.717, 1.165) is 4.90 Å². The van der Waals surface area contributed by atoms with E-state index in [4.69, 9.17) is 20.8 Å². The summed E-state index contributed by atoms with van der Waals surface area (Å²) in [5, 5.41) is 6.09. The Morgan fingerprint density at radius 1 is 1.27 bits per heavy atom. The number of hydrogen-bond donors (Lipinski definition) is 3. The number of amides is 2. The number of hydrogen-bond acceptors (Lipinski definition) is 4. The Balaban J connectivity index is 1.83. The molecule has 0 saturated heterocycles. The smallest absolute Gasteiger partial charge is 0.279 e. The van der Waals surface area contributed by atoms with Gasteiger partial charge in [0.25, 0.3) is 11.8 Å². The number of quaternary nitrogens is 1. The first-order valence-corrected chi connectivity index (χ1v) is 8.54. The molecule has 0 aliphatic rings. The molecule has 0 aliphatic carbocycles. The molecule has 7 nitrogen and oxygen atoms in total. The summed E-state index contributed by atoms with van der Waals surface area (Å²) < 4.78 is 10.5. The fraction of sp³-hybridized carbons (Fsp3) is 0.333. The molecule has 2 aromatic rings. The van der Waals surface area contributed by atoms with Crippen LogP contribution in [0.5, 0.6) is 5.75 Å². The molecule has 0 saturated carbocycles. The number of rotatable bonds is 8. The van der Waals surface area contributed by atoms with Gasteiger partial charge in [-0.25, -0.2) is 0 Å². The second-order valence-electron chi connectivity index (χ2n) is 6.01. The number of furan rings is 1.